The Morgan fingerprint density at radius 2 is 2.38 bits per heavy atom. The molecule has 1 aliphatic rings. The maximum absolute atomic E-state index is 5.60. The fourth-order valence-corrected chi connectivity index (χ4v) is 1.41. The van der Waals surface area contributed by atoms with Gasteiger partial charge in [0.05, 0.1) is 6.61 Å². The summed E-state index contributed by atoms with van der Waals surface area (Å²) in [6.45, 7) is 2.84. The molecular formula is C10H12BrNO. The molecule has 1 saturated carbocycles. The van der Waals surface area contributed by atoms with Gasteiger partial charge in [-0.3, -0.25) is 0 Å². The Bertz CT molecular complexity index is 310. The summed E-state index contributed by atoms with van der Waals surface area (Å²) in [4.78, 5) is 4.19. The van der Waals surface area contributed by atoms with Gasteiger partial charge in [0, 0.05) is 16.2 Å². The lowest BCUT2D eigenvalue weighted by Gasteiger charge is -2.07. The van der Waals surface area contributed by atoms with Gasteiger partial charge in [-0.05, 0) is 31.7 Å². The van der Waals surface area contributed by atoms with Gasteiger partial charge in [0.25, 0.3) is 0 Å². The van der Waals surface area contributed by atoms with E-state index >= 15 is 0 Å². The zero-order chi connectivity index (χ0) is 9.26. The van der Waals surface area contributed by atoms with E-state index in [9.17, 15) is 0 Å². The van der Waals surface area contributed by atoms with Gasteiger partial charge in [0.1, 0.15) is 0 Å². The topological polar surface area (TPSA) is 22.1 Å². The molecule has 70 valence electrons. The molecule has 1 aromatic heterocycles. The van der Waals surface area contributed by atoms with E-state index in [1.165, 1.54) is 12.8 Å². The standard InChI is InChI=1S/C10H12BrNO/c1-7-9(11)4-5-12-10(7)13-6-8-2-3-8/h4-5,8H,2-3,6H2,1H3. The van der Waals surface area contributed by atoms with Crippen LogP contribution in [0.25, 0.3) is 0 Å². The van der Waals surface area contributed by atoms with Crippen molar-refractivity contribution >= 4 is 15.9 Å². The maximum atomic E-state index is 5.60. The smallest absolute Gasteiger partial charge is 0.217 e. The van der Waals surface area contributed by atoms with Gasteiger partial charge in [-0.15, -0.1) is 0 Å². The molecule has 1 heterocycles. The molecule has 2 rings (SSSR count). The van der Waals surface area contributed by atoms with Gasteiger partial charge >= 0.3 is 0 Å². The maximum Gasteiger partial charge on any atom is 0.217 e. The summed E-state index contributed by atoms with van der Waals surface area (Å²) in [5, 5.41) is 0. The average molecular weight is 242 g/mol. The van der Waals surface area contributed by atoms with Crippen LogP contribution in [0.3, 0.4) is 0 Å². The summed E-state index contributed by atoms with van der Waals surface area (Å²) in [5.74, 6) is 1.54. The van der Waals surface area contributed by atoms with E-state index in [4.69, 9.17) is 4.74 Å². The minimum atomic E-state index is 0.765. The Labute approximate surface area is 86.5 Å². The monoisotopic (exact) mass is 241 g/mol. The number of hydrogen-bond acceptors (Lipinski definition) is 2. The van der Waals surface area contributed by atoms with Crippen molar-refractivity contribution in [3.8, 4) is 5.88 Å². The minimum Gasteiger partial charge on any atom is -0.477 e. The Morgan fingerprint density at radius 3 is 3.08 bits per heavy atom. The summed E-state index contributed by atoms with van der Waals surface area (Å²) in [5.41, 5.74) is 1.09. The molecule has 1 fully saturated rings. The number of aromatic nitrogens is 1. The van der Waals surface area contributed by atoms with E-state index in [1.807, 2.05) is 13.0 Å². The van der Waals surface area contributed by atoms with Crippen molar-refractivity contribution in [1.82, 2.24) is 4.98 Å². The van der Waals surface area contributed by atoms with Crippen molar-refractivity contribution in [1.29, 1.82) is 0 Å². The summed E-state index contributed by atoms with van der Waals surface area (Å²) in [6, 6.07) is 1.93. The highest BCUT2D eigenvalue weighted by molar-refractivity contribution is 9.10. The van der Waals surface area contributed by atoms with Crippen molar-refractivity contribution in [2.75, 3.05) is 6.61 Å². The number of pyridine rings is 1. The van der Waals surface area contributed by atoms with Crippen LogP contribution in [0.4, 0.5) is 0 Å². The lowest BCUT2D eigenvalue weighted by molar-refractivity contribution is 0.286. The van der Waals surface area contributed by atoms with Crippen LogP contribution in [0.15, 0.2) is 16.7 Å². The van der Waals surface area contributed by atoms with Gasteiger partial charge in [-0.2, -0.15) is 0 Å². The largest absolute Gasteiger partial charge is 0.477 e. The molecular weight excluding hydrogens is 230 g/mol. The Morgan fingerprint density at radius 1 is 1.62 bits per heavy atom. The van der Waals surface area contributed by atoms with Crippen molar-refractivity contribution in [2.45, 2.75) is 19.8 Å². The van der Waals surface area contributed by atoms with E-state index in [1.54, 1.807) is 6.20 Å². The summed E-state index contributed by atoms with van der Waals surface area (Å²) >= 11 is 3.45. The number of hydrogen-bond donors (Lipinski definition) is 0. The Balaban J connectivity index is 2.05. The van der Waals surface area contributed by atoms with Crippen LogP contribution in [-0.2, 0) is 0 Å². The fraction of sp³-hybridized carbons (Fsp3) is 0.500. The second kappa shape index (κ2) is 3.66. The van der Waals surface area contributed by atoms with Crippen LogP contribution in [0.1, 0.15) is 18.4 Å². The molecule has 0 atom stereocenters. The molecule has 0 saturated heterocycles. The zero-order valence-corrected chi connectivity index (χ0v) is 9.17. The minimum absolute atomic E-state index is 0.765. The van der Waals surface area contributed by atoms with Gasteiger partial charge in [0.15, 0.2) is 0 Å². The fourth-order valence-electron chi connectivity index (χ4n) is 1.12. The molecule has 1 aliphatic carbocycles. The van der Waals surface area contributed by atoms with Crippen LogP contribution in [-0.4, -0.2) is 11.6 Å². The Hall–Kier alpha value is -0.570. The highest BCUT2D eigenvalue weighted by Crippen LogP contribution is 2.30. The van der Waals surface area contributed by atoms with E-state index in [2.05, 4.69) is 20.9 Å². The van der Waals surface area contributed by atoms with Crippen LogP contribution < -0.4 is 4.74 Å². The summed E-state index contributed by atoms with van der Waals surface area (Å²) < 4.78 is 6.66. The Kier molecular flexibility index (Phi) is 2.54. The summed E-state index contributed by atoms with van der Waals surface area (Å²) in [6.07, 6.45) is 4.39. The molecule has 1 aromatic rings. The van der Waals surface area contributed by atoms with E-state index in [-0.39, 0.29) is 0 Å². The first-order valence-corrected chi connectivity index (χ1v) is 5.30. The molecule has 2 nitrogen and oxygen atoms in total. The van der Waals surface area contributed by atoms with Crippen molar-refractivity contribution in [3.05, 3.63) is 22.3 Å². The predicted molar refractivity (Wildman–Crippen MR) is 54.9 cm³/mol. The first-order chi connectivity index (χ1) is 6.27. The molecule has 3 heteroatoms. The van der Waals surface area contributed by atoms with E-state index in [0.717, 1.165) is 28.4 Å². The molecule has 0 bridgehead atoms. The molecule has 0 amide bonds. The van der Waals surface area contributed by atoms with Gasteiger partial charge in [-0.1, -0.05) is 15.9 Å². The third kappa shape index (κ3) is 2.21. The zero-order valence-electron chi connectivity index (χ0n) is 7.59. The molecule has 0 spiro atoms. The van der Waals surface area contributed by atoms with Crippen LogP contribution in [0.5, 0.6) is 5.88 Å². The number of ether oxygens (including phenoxy) is 1. The third-order valence-corrected chi connectivity index (χ3v) is 3.10. The first kappa shape index (κ1) is 9.00. The van der Waals surface area contributed by atoms with Crippen LogP contribution >= 0.6 is 15.9 Å². The molecule has 0 aliphatic heterocycles. The third-order valence-electron chi connectivity index (χ3n) is 2.24. The number of nitrogens with zero attached hydrogens (tertiary/aromatic N) is 1. The lowest BCUT2D eigenvalue weighted by Crippen LogP contribution is -2.02. The van der Waals surface area contributed by atoms with Gasteiger partial charge in [-0.25, -0.2) is 4.98 Å². The SMILES string of the molecule is Cc1c(Br)ccnc1OCC1CC1. The van der Waals surface area contributed by atoms with Gasteiger partial charge < -0.3 is 4.74 Å². The van der Waals surface area contributed by atoms with Gasteiger partial charge in [0.2, 0.25) is 5.88 Å². The highest BCUT2D eigenvalue weighted by Gasteiger charge is 2.22. The molecule has 0 N–H and O–H groups in total. The molecule has 0 radical (unpaired) electrons. The summed E-state index contributed by atoms with van der Waals surface area (Å²) in [7, 11) is 0. The number of rotatable bonds is 3. The molecule has 0 aromatic carbocycles. The second-order valence-electron chi connectivity index (χ2n) is 3.48. The van der Waals surface area contributed by atoms with Crippen molar-refractivity contribution < 1.29 is 4.74 Å². The van der Waals surface area contributed by atoms with E-state index in [0.29, 0.717) is 0 Å². The second-order valence-corrected chi connectivity index (χ2v) is 4.33. The normalized spacial score (nSPS) is 15.8. The van der Waals surface area contributed by atoms with Crippen LogP contribution in [0.2, 0.25) is 0 Å². The quantitative estimate of drug-likeness (QED) is 0.812. The molecule has 13 heavy (non-hydrogen) atoms. The average Bonchev–Trinajstić information content (AvgIpc) is 2.91. The predicted octanol–water partition coefficient (Wildman–Crippen LogP) is 2.94. The van der Waals surface area contributed by atoms with E-state index < -0.39 is 0 Å². The highest BCUT2D eigenvalue weighted by atomic mass is 79.9. The lowest BCUT2D eigenvalue weighted by atomic mass is 10.3. The van der Waals surface area contributed by atoms with Crippen LogP contribution in [0, 0.1) is 12.8 Å². The molecule has 0 unspecified atom stereocenters. The van der Waals surface area contributed by atoms with Crippen molar-refractivity contribution in [2.24, 2.45) is 5.92 Å². The number of halogens is 1. The first-order valence-electron chi connectivity index (χ1n) is 4.51. The van der Waals surface area contributed by atoms with Crippen molar-refractivity contribution in [3.63, 3.8) is 0 Å².